The largest absolute Gasteiger partial charge is 0.376 e. The Morgan fingerprint density at radius 3 is 2.74 bits per heavy atom. The van der Waals surface area contributed by atoms with Gasteiger partial charge in [-0.15, -0.1) is 0 Å². The van der Waals surface area contributed by atoms with Gasteiger partial charge >= 0.3 is 0 Å². The van der Waals surface area contributed by atoms with Gasteiger partial charge in [0, 0.05) is 37.6 Å². The molecule has 0 spiro atoms. The molecular weight excluding hydrogens is 290 g/mol. The second kappa shape index (κ2) is 7.49. The van der Waals surface area contributed by atoms with Crippen LogP contribution >= 0.6 is 0 Å². The van der Waals surface area contributed by atoms with E-state index in [2.05, 4.69) is 28.6 Å². The van der Waals surface area contributed by atoms with E-state index >= 15 is 0 Å². The first-order valence-corrected chi connectivity index (χ1v) is 8.94. The highest BCUT2D eigenvalue weighted by Gasteiger charge is 2.20. The minimum Gasteiger partial charge on any atom is -0.376 e. The lowest BCUT2D eigenvalue weighted by molar-refractivity contribution is 0.0857. The Morgan fingerprint density at radius 2 is 2.04 bits per heavy atom. The molecule has 0 aliphatic carbocycles. The molecule has 0 bridgehead atoms. The lowest BCUT2D eigenvalue weighted by Gasteiger charge is -2.17. The van der Waals surface area contributed by atoms with Crippen LogP contribution in [0.25, 0.3) is 0 Å². The Kier molecular flexibility index (Phi) is 5.38. The van der Waals surface area contributed by atoms with Crippen molar-refractivity contribution in [1.29, 1.82) is 0 Å². The molecule has 0 aromatic carbocycles. The van der Waals surface area contributed by atoms with Crippen molar-refractivity contribution in [2.24, 2.45) is 0 Å². The van der Waals surface area contributed by atoms with E-state index in [-0.39, 0.29) is 12.0 Å². The summed E-state index contributed by atoms with van der Waals surface area (Å²) in [4.78, 5) is 15.0. The predicted molar refractivity (Wildman–Crippen MR) is 90.9 cm³/mol. The van der Waals surface area contributed by atoms with Crippen LogP contribution in [0.5, 0.6) is 0 Å². The van der Waals surface area contributed by atoms with Crippen molar-refractivity contribution in [3.63, 3.8) is 0 Å². The van der Waals surface area contributed by atoms with E-state index in [1.807, 2.05) is 6.07 Å². The lowest BCUT2D eigenvalue weighted by atomic mass is 10.2. The monoisotopic (exact) mass is 319 g/mol. The highest BCUT2D eigenvalue weighted by atomic mass is 16.5. The number of rotatable bonds is 6. The normalized spacial score (nSPS) is 21.9. The first kappa shape index (κ1) is 16.5. The average molecular weight is 319 g/mol. The van der Waals surface area contributed by atoms with E-state index in [1.165, 1.54) is 31.6 Å². The van der Waals surface area contributed by atoms with Gasteiger partial charge in [-0.25, -0.2) is 0 Å². The molecule has 0 saturated carbocycles. The van der Waals surface area contributed by atoms with Crippen molar-refractivity contribution in [3.8, 4) is 0 Å². The summed E-state index contributed by atoms with van der Waals surface area (Å²) in [7, 11) is 0. The van der Waals surface area contributed by atoms with Gasteiger partial charge < -0.3 is 19.5 Å². The molecule has 0 unspecified atom stereocenters. The molecule has 2 aliphatic rings. The Hall–Kier alpha value is -1.33. The Labute approximate surface area is 139 Å². The summed E-state index contributed by atoms with van der Waals surface area (Å²) >= 11 is 0. The number of hydrogen-bond acceptors (Lipinski definition) is 3. The topological polar surface area (TPSA) is 46.5 Å². The van der Waals surface area contributed by atoms with Crippen LogP contribution in [0.15, 0.2) is 6.07 Å². The lowest BCUT2D eigenvalue weighted by Crippen LogP contribution is -2.32. The second-order valence-electron chi connectivity index (χ2n) is 6.83. The van der Waals surface area contributed by atoms with E-state index in [0.717, 1.165) is 43.8 Å². The van der Waals surface area contributed by atoms with E-state index in [0.29, 0.717) is 6.54 Å². The fourth-order valence-corrected chi connectivity index (χ4v) is 3.73. The molecule has 1 amide bonds. The number of hydrogen-bond donors (Lipinski definition) is 1. The smallest absolute Gasteiger partial charge is 0.253 e. The average Bonchev–Trinajstić information content (AvgIpc) is 3.26. The van der Waals surface area contributed by atoms with Gasteiger partial charge in [-0.3, -0.25) is 4.79 Å². The molecule has 1 atom stereocenters. The molecule has 1 aromatic heterocycles. The predicted octanol–water partition coefficient (Wildman–Crippen LogP) is 2.11. The van der Waals surface area contributed by atoms with Crippen molar-refractivity contribution in [2.45, 2.75) is 52.2 Å². The minimum atomic E-state index is 0.0287. The first-order chi connectivity index (χ1) is 11.1. The summed E-state index contributed by atoms with van der Waals surface area (Å²) in [6.07, 6.45) is 4.99. The maximum Gasteiger partial charge on any atom is 0.253 e. The zero-order valence-corrected chi connectivity index (χ0v) is 14.4. The van der Waals surface area contributed by atoms with E-state index in [4.69, 9.17) is 4.74 Å². The maximum atomic E-state index is 12.5. The van der Waals surface area contributed by atoms with Gasteiger partial charge in [0.25, 0.3) is 5.91 Å². The number of amides is 1. The number of carbonyl (C=O) groups excluding carboxylic acids is 1. The summed E-state index contributed by atoms with van der Waals surface area (Å²) < 4.78 is 7.85. The Morgan fingerprint density at radius 1 is 1.26 bits per heavy atom. The summed E-state index contributed by atoms with van der Waals surface area (Å²) in [6.45, 7) is 10.1. The molecule has 0 radical (unpaired) electrons. The second-order valence-corrected chi connectivity index (χ2v) is 6.83. The van der Waals surface area contributed by atoms with Crippen LogP contribution in [-0.4, -0.2) is 54.3 Å². The molecule has 23 heavy (non-hydrogen) atoms. The van der Waals surface area contributed by atoms with Gasteiger partial charge in [0.2, 0.25) is 0 Å². The van der Waals surface area contributed by atoms with Crippen LogP contribution in [0, 0.1) is 13.8 Å². The van der Waals surface area contributed by atoms with Crippen molar-refractivity contribution in [2.75, 3.05) is 32.8 Å². The van der Waals surface area contributed by atoms with E-state index in [1.54, 1.807) is 0 Å². The third-order valence-corrected chi connectivity index (χ3v) is 5.17. The van der Waals surface area contributed by atoms with Gasteiger partial charge in [0.15, 0.2) is 0 Å². The van der Waals surface area contributed by atoms with E-state index in [9.17, 15) is 4.79 Å². The molecule has 3 rings (SSSR count). The van der Waals surface area contributed by atoms with Gasteiger partial charge in [-0.1, -0.05) is 0 Å². The summed E-state index contributed by atoms with van der Waals surface area (Å²) in [5, 5.41) is 3.03. The van der Waals surface area contributed by atoms with Gasteiger partial charge in [-0.05, 0) is 58.7 Å². The number of nitrogens with one attached hydrogen (secondary N) is 1. The molecular formula is C18H29N3O2. The zero-order chi connectivity index (χ0) is 16.2. The molecule has 1 N–H and O–H groups in total. The van der Waals surface area contributed by atoms with Crippen molar-refractivity contribution in [1.82, 2.24) is 14.8 Å². The molecule has 5 nitrogen and oxygen atoms in total. The molecule has 2 fully saturated rings. The van der Waals surface area contributed by atoms with Crippen molar-refractivity contribution >= 4 is 5.91 Å². The molecule has 2 saturated heterocycles. The van der Waals surface area contributed by atoms with Crippen molar-refractivity contribution in [3.05, 3.63) is 23.0 Å². The van der Waals surface area contributed by atoms with Gasteiger partial charge in [0.1, 0.15) is 0 Å². The van der Waals surface area contributed by atoms with Gasteiger partial charge in [0.05, 0.1) is 11.7 Å². The maximum absolute atomic E-state index is 12.5. The van der Waals surface area contributed by atoms with Crippen LogP contribution in [0.4, 0.5) is 0 Å². The number of aromatic nitrogens is 1. The molecule has 1 aromatic rings. The fourth-order valence-electron chi connectivity index (χ4n) is 3.73. The quantitative estimate of drug-likeness (QED) is 0.873. The van der Waals surface area contributed by atoms with Crippen LogP contribution in [0.1, 0.15) is 47.4 Å². The first-order valence-electron chi connectivity index (χ1n) is 8.94. The third-order valence-electron chi connectivity index (χ3n) is 5.17. The standard InChI is InChI=1S/C18H29N3O2/c1-14-12-17(18(22)19-13-16-6-5-11-23-16)15(2)21(14)10-9-20-7-3-4-8-20/h12,16H,3-11,13H2,1-2H3,(H,19,22)/t16-/m1/s1. The van der Waals surface area contributed by atoms with Crippen molar-refractivity contribution < 1.29 is 9.53 Å². The zero-order valence-electron chi connectivity index (χ0n) is 14.4. The van der Waals surface area contributed by atoms with Crippen LogP contribution < -0.4 is 5.32 Å². The molecule has 3 heterocycles. The summed E-state index contributed by atoms with van der Waals surface area (Å²) in [5.74, 6) is 0.0287. The number of nitrogens with zero attached hydrogens (tertiary/aromatic N) is 2. The molecule has 2 aliphatic heterocycles. The highest BCUT2D eigenvalue weighted by Crippen LogP contribution is 2.17. The van der Waals surface area contributed by atoms with Crippen LogP contribution in [0.2, 0.25) is 0 Å². The fraction of sp³-hybridized carbons (Fsp3) is 0.722. The minimum absolute atomic E-state index is 0.0287. The number of likely N-dealkylation sites (tertiary alicyclic amines) is 1. The summed E-state index contributed by atoms with van der Waals surface area (Å²) in [6, 6.07) is 2.02. The van der Waals surface area contributed by atoms with Gasteiger partial charge in [-0.2, -0.15) is 0 Å². The SMILES string of the molecule is Cc1cc(C(=O)NC[C@H]2CCCO2)c(C)n1CCN1CCCC1. The third kappa shape index (κ3) is 3.96. The Bertz CT molecular complexity index is 541. The number of aryl methyl sites for hydroxylation is 1. The van der Waals surface area contributed by atoms with E-state index < -0.39 is 0 Å². The summed E-state index contributed by atoms with van der Waals surface area (Å²) in [5.41, 5.74) is 3.05. The Balaban J connectivity index is 1.58. The number of ether oxygens (including phenoxy) is 1. The van der Waals surface area contributed by atoms with Crippen LogP contribution in [0.3, 0.4) is 0 Å². The molecule has 5 heteroatoms. The van der Waals surface area contributed by atoms with Crippen LogP contribution in [-0.2, 0) is 11.3 Å². The highest BCUT2D eigenvalue weighted by molar-refractivity contribution is 5.95. The number of carbonyl (C=O) groups is 1. The molecule has 128 valence electrons.